The number of nitrogens with zero attached hydrogens (tertiary/aromatic N) is 1. The fourth-order valence-electron chi connectivity index (χ4n) is 2.09. The van der Waals surface area contributed by atoms with E-state index >= 15 is 0 Å². The third kappa shape index (κ3) is 9.94. The van der Waals surface area contributed by atoms with Gasteiger partial charge in [-0.05, 0) is 38.1 Å². The molecule has 0 radical (unpaired) electrons. The molecule has 0 aliphatic rings. The molecule has 6 heteroatoms. The van der Waals surface area contributed by atoms with E-state index in [0.717, 1.165) is 44.7 Å². The molecule has 1 aromatic rings. The summed E-state index contributed by atoms with van der Waals surface area (Å²) in [6, 6.07) is 4.15. The minimum absolute atomic E-state index is 0.0826. The number of esters is 1. The molecule has 0 saturated heterocycles. The van der Waals surface area contributed by atoms with Crippen LogP contribution in [0, 0.1) is 0 Å². The van der Waals surface area contributed by atoms with Crippen LogP contribution in [0.3, 0.4) is 0 Å². The molecule has 0 spiro atoms. The first-order valence-electron chi connectivity index (χ1n) is 8.46. The van der Waals surface area contributed by atoms with Gasteiger partial charge in [0.2, 0.25) is 0 Å². The summed E-state index contributed by atoms with van der Waals surface area (Å²) < 4.78 is 4.91. The highest BCUT2D eigenvalue weighted by Gasteiger charge is 2.01. The highest BCUT2D eigenvalue weighted by atomic mass is 32.1. The molecule has 23 heavy (non-hydrogen) atoms. The van der Waals surface area contributed by atoms with Crippen LogP contribution in [-0.2, 0) is 16.1 Å². The van der Waals surface area contributed by atoms with Crippen molar-refractivity contribution in [3.05, 3.63) is 22.4 Å². The predicted molar refractivity (Wildman–Crippen MR) is 96.9 cm³/mol. The lowest BCUT2D eigenvalue weighted by molar-refractivity contribution is -0.143. The molecule has 0 unspecified atom stereocenters. The third-order valence-corrected chi connectivity index (χ3v) is 4.08. The Hall–Kier alpha value is -1.56. The van der Waals surface area contributed by atoms with E-state index in [9.17, 15) is 4.79 Å². The zero-order valence-corrected chi connectivity index (χ0v) is 15.1. The Labute approximate surface area is 143 Å². The molecule has 0 aromatic carbocycles. The summed E-state index contributed by atoms with van der Waals surface area (Å²) in [4.78, 5) is 17.0. The maximum absolute atomic E-state index is 11.2. The molecule has 0 aliphatic carbocycles. The van der Waals surface area contributed by atoms with Crippen molar-refractivity contribution in [2.24, 2.45) is 4.99 Å². The Bertz CT molecular complexity index is 447. The van der Waals surface area contributed by atoms with Crippen LogP contribution < -0.4 is 10.6 Å². The second-order valence-corrected chi connectivity index (χ2v) is 6.20. The van der Waals surface area contributed by atoms with Crippen molar-refractivity contribution in [2.75, 3.05) is 19.7 Å². The summed E-state index contributed by atoms with van der Waals surface area (Å²) >= 11 is 1.73. The molecule has 1 aromatic heterocycles. The Morgan fingerprint density at radius 1 is 1.22 bits per heavy atom. The van der Waals surface area contributed by atoms with E-state index in [4.69, 9.17) is 4.74 Å². The fourth-order valence-corrected chi connectivity index (χ4v) is 2.72. The van der Waals surface area contributed by atoms with Crippen molar-refractivity contribution in [1.29, 1.82) is 0 Å². The summed E-state index contributed by atoms with van der Waals surface area (Å²) in [5.41, 5.74) is 0. The lowest BCUT2D eigenvalue weighted by Crippen LogP contribution is -2.37. The van der Waals surface area contributed by atoms with Crippen LogP contribution in [0.1, 0.15) is 50.8 Å². The second-order valence-electron chi connectivity index (χ2n) is 5.17. The summed E-state index contributed by atoms with van der Waals surface area (Å²) in [5.74, 6) is 0.785. The minimum Gasteiger partial charge on any atom is -0.466 e. The maximum Gasteiger partial charge on any atom is 0.305 e. The molecule has 0 atom stereocenters. The molecule has 0 saturated carbocycles. The molecule has 2 N–H and O–H groups in total. The van der Waals surface area contributed by atoms with E-state index in [-0.39, 0.29) is 5.97 Å². The van der Waals surface area contributed by atoms with E-state index in [1.54, 1.807) is 11.3 Å². The highest BCUT2D eigenvalue weighted by molar-refractivity contribution is 7.09. The zero-order chi connectivity index (χ0) is 16.8. The Balaban J connectivity index is 2.11. The van der Waals surface area contributed by atoms with Gasteiger partial charge in [-0.3, -0.25) is 4.79 Å². The number of carbonyl (C=O) groups excluding carboxylic acids is 1. The molecule has 1 heterocycles. The van der Waals surface area contributed by atoms with Gasteiger partial charge in [0.15, 0.2) is 5.96 Å². The number of unbranched alkanes of at least 4 members (excludes halogenated alkanes) is 3. The largest absolute Gasteiger partial charge is 0.466 e. The van der Waals surface area contributed by atoms with Gasteiger partial charge in [0, 0.05) is 24.4 Å². The number of aliphatic imine (C=N–C) groups is 1. The van der Waals surface area contributed by atoms with Gasteiger partial charge < -0.3 is 15.4 Å². The van der Waals surface area contributed by atoms with Gasteiger partial charge in [0.1, 0.15) is 0 Å². The quantitative estimate of drug-likeness (QED) is 0.281. The van der Waals surface area contributed by atoms with Crippen molar-refractivity contribution in [3.8, 4) is 0 Å². The first-order chi connectivity index (χ1) is 11.3. The lowest BCUT2D eigenvalue weighted by atomic mass is 10.1. The number of nitrogens with one attached hydrogen (secondary N) is 2. The number of ether oxygens (including phenoxy) is 1. The van der Waals surface area contributed by atoms with Gasteiger partial charge in [-0.25, -0.2) is 4.99 Å². The first kappa shape index (κ1) is 19.5. The monoisotopic (exact) mass is 339 g/mol. The number of hydrogen-bond acceptors (Lipinski definition) is 4. The van der Waals surface area contributed by atoms with Crippen molar-refractivity contribution < 1.29 is 9.53 Å². The molecule has 5 nitrogen and oxygen atoms in total. The van der Waals surface area contributed by atoms with Gasteiger partial charge in [-0.2, -0.15) is 0 Å². The van der Waals surface area contributed by atoms with Crippen molar-refractivity contribution >= 4 is 23.3 Å². The molecular weight excluding hydrogens is 310 g/mol. The standard InChI is InChI=1S/C17H29N3O2S/c1-3-18-17(20-14-15-10-9-13-23-15)19-12-8-6-5-7-11-16(21)22-4-2/h9-10,13H,3-8,11-12,14H2,1-2H3,(H2,18,19,20). The zero-order valence-electron chi connectivity index (χ0n) is 14.3. The van der Waals surface area contributed by atoms with Crippen LogP contribution in [-0.4, -0.2) is 31.6 Å². The van der Waals surface area contributed by atoms with Gasteiger partial charge >= 0.3 is 5.97 Å². The summed E-state index contributed by atoms with van der Waals surface area (Å²) in [6.45, 7) is 6.85. The van der Waals surface area contributed by atoms with Crippen molar-refractivity contribution in [2.45, 2.75) is 52.5 Å². The summed E-state index contributed by atoms with van der Waals surface area (Å²) in [5, 5.41) is 8.68. The Morgan fingerprint density at radius 3 is 2.74 bits per heavy atom. The number of rotatable bonds is 11. The molecule has 0 aliphatic heterocycles. The van der Waals surface area contributed by atoms with E-state index in [1.165, 1.54) is 4.88 Å². The fraction of sp³-hybridized carbons (Fsp3) is 0.647. The van der Waals surface area contributed by atoms with Gasteiger partial charge in [0.05, 0.1) is 13.2 Å². The molecule has 0 bridgehead atoms. The molecule has 0 fully saturated rings. The maximum atomic E-state index is 11.2. The van der Waals surface area contributed by atoms with E-state index in [2.05, 4.69) is 34.0 Å². The van der Waals surface area contributed by atoms with Gasteiger partial charge in [-0.1, -0.05) is 18.9 Å². The summed E-state index contributed by atoms with van der Waals surface area (Å²) in [6.07, 6.45) is 4.68. The van der Waals surface area contributed by atoms with Crippen LogP contribution in [0.4, 0.5) is 0 Å². The SMILES string of the molecule is CCNC(=NCc1cccs1)NCCCCCCC(=O)OCC. The Morgan fingerprint density at radius 2 is 2.04 bits per heavy atom. The van der Waals surface area contributed by atoms with E-state index in [0.29, 0.717) is 19.6 Å². The van der Waals surface area contributed by atoms with Crippen LogP contribution >= 0.6 is 11.3 Å². The Kier molecular flexibility index (Phi) is 11.0. The van der Waals surface area contributed by atoms with E-state index < -0.39 is 0 Å². The number of hydrogen-bond donors (Lipinski definition) is 2. The summed E-state index contributed by atoms with van der Waals surface area (Å²) in [7, 11) is 0. The van der Waals surface area contributed by atoms with Crippen LogP contribution in [0.2, 0.25) is 0 Å². The van der Waals surface area contributed by atoms with Crippen LogP contribution in [0.5, 0.6) is 0 Å². The smallest absolute Gasteiger partial charge is 0.305 e. The molecule has 130 valence electrons. The number of carbonyl (C=O) groups is 1. The topological polar surface area (TPSA) is 62.7 Å². The average Bonchev–Trinajstić information content (AvgIpc) is 3.05. The normalized spacial score (nSPS) is 11.3. The highest BCUT2D eigenvalue weighted by Crippen LogP contribution is 2.09. The second kappa shape index (κ2) is 12.9. The minimum atomic E-state index is -0.0826. The van der Waals surface area contributed by atoms with Gasteiger partial charge in [-0.15, -0.1) is 11.3 Å². The number of thiophene rings is 1. The predicted octanol–water partition coefficient (Wildman–Crippen LogP) is 3.32. The van der Waals surface area contributed by atoms with Crippen LogP contribution in [0.25, 0.3) is 0 Å². The average molecular weight is 340 g/mol. The number of guanidine groups is 1. The lowest BCUT2D eigenvalue weighted by Gasteiger charge is -2.11. The van der Waals surface area contributed by atoms with E-state index in [1.807, 2.05) is 13.0 Å². The third-order valence-electron chi connectivity index (χ3n) is 3.22. The molecule has 0 amide bonds. The molecule has 1 rings (SSSR count). The first-order valence-corrected chi connectivity index (χ1v) is 9.34. The van der Waals surface area contributed by atoms with Crippen molar-refractivity contribution in [1.82, 2.24) is 10.6 Å². The van der Waals surface area contributed by atoms with Crippen molar-refractivity contribution in [3.63, 3.8) is 0 Å². The molecular formula is C17H29N3O2S. The van der Waals surface area contributed by atoms with Crippen LogP contribution in [0.15, 0.2) is 22.5 Å². The van der Waals surface area contributed by atoms with Gasteiger partial charge in [0.25, 0.3) is 0 Å².